The number of nitrogens with zero attached hydrogens (tertiary/aromatic N) is 2. The van der Waals surface area contributed by atoms with E-state index in [1.54, 1.807) is 6.08 Å². The summed E-state index contributed by atoms with van der Waals surface area (Å²) in [5, 5.41) is 16.0. The van der Waals surface area contributed by atoms with Gasteiger partial charge >= 0.3 is 0 Å². The zero-order chi connectivity index (χ0) is 16.5. The highest BCUT2D eigenvalue weighted by molar-refractivity contribution is 9.12. The van der Waals surface area contributed by atoms with Crippen molar-refractivity contribution < 1.29 is 9.90 Å². The number of ketones is 1. The van der Waals surface area contributed by atoms with Gasteiger partial charge in [0.25, 0.3) is 0 Å². The van der Waals surface area contributed by atoms with Gasteiger partial charge in [-0.25, -0.2) is 0 Å². The molecule has 24 heavy (non-hydrogen) atoms. The first-order valence-electron chi connectivity index (χ1n) is 7.98. The zero-order valence-electron chi connectivity index (χ0n) is 12.8. The van der Waals surface area contributed by atoms with E-state index in [1.165, 1.54) is 0 Å². The molecule has 4 aliphatic rings. The van der Waals surface area contributed by atoms with E-state index in [-0.39, 0.29) is 11.5 Å². The molecule has 5 rings (SSSR count). The average molecular weight is 384 g/mol. The smallest absolute Gasteiger partial charge is 0.192 e. The maximum Gasteiger partial charge on any atom is 0.192 e. The Bertz CT molecular complexity index is 1040. The minimum absolute atomic E-state index is 0.0349. The number of phenols is 1. The molecule has 0 amide bonds. The van der Waals surface area contributed by atoms with Crippen molar-refractivity contribution in [3.05, 3.63) is 38.8 Å². The molecule has 3 aliphatic heterocycles. The summed E-state index contributed by atoms with van der Waals surface area (Å²) in [6.07, 6.45) is 9.00. The highest BCUT2D eigenvalue weighted by atomic mass is 79.9. The van der Waals surface area contributed by atoms with Gasteiger partial charge in [0.2, 0.25) is 0 Å². The summed E-state index contributed by atoms with van der Waals surface area (Å²) < 4.78 is 0.557. The van der Waals surface area contributed by atoms with Crippen molar-refractivity contribution in [2.75, 3.05) is 18.4 Å². The number of hydrogen-bond acceptors (Lipinski definition) is 5. The Kier molecular flexibility index (Phi) is 2.75. The Morgan fingerprint density at radius 3 is 3.08 bits per heavy atom. The number of carbonyl (C=O) groups is 1. The molecule has 3 heterocycles. The second-order valence-corrected chi connectivity index (χ2v) is 7.35. The monoisotopic (exact) mass is 383 g/mol. The summed E-state index contributed by atoms with van der Waals surface area (Å²) in [4.78, 5) is 21.1. The van der Waals surface area contributed by atoms with Gasteiger partial charge in [0, 0.05) is 35.5 Å². The second-order valence-electron chi connectivity index (χ2n) is 6.49. The van der Waals surface area contributed by atoms with Crippen molar-refractivity contribution in [1.29, 1.82) is 0 Å². The van der Waals surface area contributed by atoms with Crippen molar-refractivity contribution in [2.24, 2.45) is 9.98 Å². The Morgan fingerprint density at radius 2 is 2.25 bits per heavy atom. The van der Waals surface area contributed by atoms with Crippen LogP contribution in [-0.2, 0) is 10.2 Å². The number of nitrogens with one attached hydrogen (secondary N) is 1. The molecule has 0 unspecified atom stereocenters. The number of anilines is 1. The summed E-state index contributed by atoms with van der Waals surface area (Å²) in [7, 11) is 0. The summed E-state index contributed by atoms with van der Waals surface area (Å²) in [5.74, 6) is 0.147. The van der Waals surface area contributed by atoms with Crippen LogP contribution in [0.25, 0.3) is 5.57 Å². The van der Waals surface area contributed by atoms with Gasteiger partial charge in [-0.15, -0.1) is 0 Å². The number of fused-ring (bicyclic) bond motifs is 3. The van der Waals surface area contributed by atoms with Gasteiger partial charge in [-0.2, -0.15) is 0 Å². The van der Waals surface area contributed by atoms with E-state index in [0.29, 0.717) is 28.9 Å². The lowest BCUT2D eigenvalue weighted by Gasteiger charge is -2.37. The predicted octanol–water partition coefficient (Wildman–Crippen LogP) is 1.75. The van der Waals surface area contributed by atoms with E-state index < -0.39 is 5.41 Å². The molecule has 0 fully saturated rings. The van der Waals surface area contributed by atoms with Gasteiger partial charge in [0.05, 0.1) is 15.5 Å². The summed E-state index contributed by atoms with van der Waals surface area (Å²) in [6, 6.07) is 0. The molecule has 2 N–H and O–H groups in total. The lowest BCUT2D eigenvalue weighted by Crippen LogP contribution is -2.44. The third-order valence-corrected chi connectivity index (χ3v) is 5.82. The van der Waals surface area contributed by atoms with Crippen LogP contribution >= 0.6 is 15.9 Å². The summed E-state index contributed by atoms with van der Waals surface area (Å²) >= 11 is 3.39. The number of rotatable bonds is 0. The lowest BCUT2D eigenvalue weighted by molar-refractivity contribution is -0.110. The van der Waals surface area contributed by atoms with E-state index in [4.69, 9.17) is 4.99 Å². The standard InChI is InChI=1S/C18H14BrN3O2/c19-10-7-18(3-1-11(10)23)4-6-21-16-13(18)14-12-9(2-5-20-14)8-22-15(12)17(16)24/h1,3,7-8,21,24H,2,4-6H2/t18-/m1/s1. The number of hydrogen-bond donors (Lipinski definition) is 2. The minimum Gasteiger partial charge on any atom is -0.504 e. The maximum atomic E-state index is 11.9. The molecule has 0 saturated carbocycles. The maximum absolute atomic E-state index is 11.9. The van der Waals surface area contributed by atoms with E-state index >= 15 is 0 Å². The van der Waals surface area contributed by atoms with Crippen LogP contribution < -0.4 is 15.9 Å². The zero-order valence-corrected chi connectivity index (χ0v) is 14.4. The molecule has 6 heteroatoms. The van der Waals surface area contributed by atoms with Crippen molar-refractivity contribution in [2.45, 2.75) is 18.3 Å². The van der Waals surface area contributed by atoms with Crippen LogP contribution in [0.5, 0.6) is 5.75 Å². The normalized spacial score (nSPS) is 26.0. The van der Waals surface area contributed by atoms with E-state index in [2.05, 4.69) is 26.2 Å². The Labute approximate surface area is 146 Å². The number of aliphatic imine (C=N–C) groups is 1. The number of carbonyl (C=O) groups excluding carboxylic acids is 1. The van der Waals surface area contributed by atoms with Gasteiger partial charge in [-0.3, -0.25) is 14.8 Å². The molecule has 120 valence electrons. The van der Waals surface area contributed by atoms with Crippen LogP contribution in [-0.4, -0.2) is 30.2 Å². The molecular weight excluding hydrogens is 370 g/mol. The fourth-order valence-corrected chi connectivity index (χ4v) is 4.63. The molecule has 1 aromatic rings. The topological polar surface area (TPSA) is 74.0 Å². The number of benzene rings is 1. The molecule has 1 aromatic carbocycles. The van der Waals surface area contributed by atoms with Gasteiger partial charge in [-0.05, 0) is 40.4 Å². The van der Waals surface area contributed by atoms with E-state index in [9.17, 15) is 9.90 Å². The fourth-order valence-electron chi connectivity index (χ4n) is 4.09. The van der Waals surface area contributed by atoms with Crippen LogP contribution in [0.4, 0.5) is 11.4 Å². The third kappa shape index (κ3) is 1.66. The Hall–Kier alpha value is -2.21. The first kappa shape index (κ1) is 14.2. The fraction of sp³-hybridized carbons (Fsp3) is 0.278. The number of allylic oxidation sites excluding steroid dienone is 4. The number of phenolic OH excluding ortho intramolecular Hbond substituents is 1. The van der Waals surface area contributed by atoms with Crippen LogP contribution in [0.15, 0.2) is 32.7 Å². The van der Waals surface area contributed by atoms with Gasteiger partial charge < -0.3 is 10.4 Å². The summed E-state index contributed by atoms with van der Waals surface area (Å²) in [6.45, 7) is 1.42. The van der Waals surface area contributed by atoms with Crippen molar-refractivity contribution >= 4 is 44.9 Å². The van der Waals surface area contributed by atoms with Crippen molar-refractivity contribution in [1.82, 2.24) is 0 Å². The third-order valence-electron chi connectivity index (χ3n) is 5.20. The molecular formula is C18H14BrN3O2. The first-order chi connectivity index (χ1) is 11.6. The lowest BCUT2D eigenvalue weighted by atomic mass is 9.71. The second kappa shape index (κ2) is 4.66. The van der Waals surface area contributed by atoms with E-state index in [0.717, 1.165) is 34.6 Å². The highest BCUT2D eigenvalue weighted by Crippen LogP contribution is 2.46. The highest BCUT2D eigenvalue weighted by Gasteiger charge is 2.40. The van der Waals surface area contributed by atoms with Crippen molar-refractivity contribution in [3.8, 4) is 5.75 Å². The van der Waals surface area contributed by atoms with Crippen molar-refractivity contribution in [3.63, 3.8) is 0 Å². The van der Waals surface area contributed by atoms with Crippen LogP contribution in [0.3, 0.4) is 0 Å². The molecule has 0 bridgehead atoms. The Morgan fingerprint density at radius 1 is 1.38 bits per heavy atom. The van der Waals surface area contributed by atoms with Gasteiger partial charge in [0.1, 0.15) is 5.69 Å². The van der Waals surface area contributed by atoms with Crippen LogP contribution in [0.1, 0.15) is 18.4 Å². The van der Waals surface area contributed by atoms with Crippen LogP contribution in [0, 0.1) is 0 Å². The minimum atomic E-state index is -0.441. The largest absolute Gasteiger partial charge is 0.504 e. The van der Waals surface area contributed by atoms with E-state index in [1.807, 2.05) is 18.4 Å². The molecule has 0 aromatic heterocycles. The van der Waals surface area contributed by atoms with Crippen LogP contribution in [0.2, 0.25) is 0 Å². The Balaban J connectivity index is 1.94. The van der Waals surface area contributed by atoms with Gasteiger partial charge in [0.15, 0.2) is 11.5 Å². The molecule has 5 nitrogen and oxygen atoms in total. The molecule has 0 radical (unpaired) electrons. The predicted molar refractivity (Wildman–Crippen MR) is 95.9 cm³/mol. The number of halogens is 1. The molecule has 0 saturated heterocycles. The SMILES string of the molecule is O=C1C=C[C@]2(C=C1Br)CCNc1c(O)c3c4c(c12)=NCCC=4C=N3. The average Bonchev–Trinajstić information content (AvgIpc) is 3.02. The van der Waals surface area contributed by atoms with Gasteiger partial charge in [-0.1, -0.05) is 12.2 Å². The molecule has 1 aliphatic carbocycles. The summed E-state index contributed by atoms with van der Waals surface area (Å²) in [5.41, 5.74) is 2.95. The first-order valence-corrected chi connectivity index (χ1v) is 8.77. The quantitative estimate of drug-likeness (QED) is 0.670. The molecule has 1 spiro atoms. The number of aromatic hydroxyl groups is 1. The molecule has 1 atom stereocenters.